The monoisotopic (exact) mass is 462 g/mol. The Balaban J connectivity index is 1.60. The molecule has 0 aliphatic heterocycles. The number of benzene rings is 2. The van der Waals surface area contributed by atoms with Gasteiger partial charge in [0.25, 0.3) is 5.91 Å². The summed E-state index contributed by atoms with van der Waals surface area (Å²) < 4.78 is 6.82. The molecule has 2 aromatic carbocycles. The summed E-state index contributed by atoms with van der Waals surface area (Å²) in [5, 5.41) is 20.8. The second-order valence-corrected chi connectivity index (χ2v) is 8.74. The number of aromatic hydroxyl groups is 1. The van der Waals surface area contributed by atoms with Gasteiger partial charge in [0.15, 0.2) is 0 Å². The zero-order chi connectivity index (χ0) is 24.2. The molecule has 0 atom stereocenters. The third-order valence-corrected chi connectivity index (χ3v) is 5.82. The van der Waals surface area contributed by atoms with E-state index >= 15 is 0 Å². The van der Waals surface area contributed by atoms with Crippen LogP contribution in [0.15, 0.2) is 48.5 Å². The molecule has 178 valence electrons. The molecule has 8 heteroatoms. The number of carbonyl (C=O) groups excluding carboxylic acids is 2. The lowest BCUT2D eigenvalue weighted by Crippen LogP contribution is -2.36. The number of rotatable bonds is 7. The van der Waals surface area contributed by atoms with E-state index in [0.29, 0.717) is 34.9 Å². The van der Waals surface area contributed by atoms with Crippen molar-refractivity contribution in [3.8, 4) is 22.8 Å². The van der Waals surface area contributed by atoms with Gasteiger partial charge >= 0.3 is 6.03 Å². The molecule has 0 bridgehead atoms. The van der Waals surface area contributed by atoms with E-state index in [9.17, 15) is 14.7 Å². The average Bonchev–Trinajstić information content (AvgIpc) is 3.18. The van der Waals surface area contributed by atoms with Gasteiger partial charge in [-0.1, -0.05) is 6.42 Å². The maximum Gasteiger partial charge on any atom is 0.342 e. The number of nitrogens with one attached hydrogen (secondary N) is 2. The van der Waals surface area contributed by atoms with Crippen molar-refractivity contribution in [2.24, 2.45) is 0 Å². The van der Waals surface area contributed by atoms with Gasteiger partial charge in [-0.25, -0.2) is 4.79 Å². The lowest BCUT2D eigenvalue weighted by molar-refractivity contribution is 0.102. The molecule has 1 heterocycles. The van der Waals surface area contributed by atoms with E-state index in [2.05, 4.69) is 15.7 Å². The molecular weight excluding hydrogens is 432 g/mol. The number of aromatic nitrogens is 2. The summed E-state index contributed by atoms with van der Waals surface area (Å²) in [6.07, 6.45) is 3.13. The Hall–Kier alpha value is -3.81. The van der Waals surface area contributed by atoms with Crippen molar-refractivity contribution < 1.29 is 19.4 Å². The zero-order valence-corrected chi connectivity index (χ0v) is 19.7. The minimum atomic E-state index is -0.289. The van der Waals surface area contributed by atoms with Crippen LogP contribution < -0.4 is 15.4 Å². The molecule has 3 N–H and O–H groups in total. The molecule has 1 aromatic heterocycles. The van der Waals surface area contributed by atoms with Crippen molar-refractivity contribution >= 4 is 17.6 Å². The van der Waals surface area contributed by atoms with Crippen LogP contribution in [0, 0.1) is 0 Å². The lowest BCUT2D eigenvalue weighted by atomic mass is 9.82. The Bertz CT molecular complexity index is 1180. The van der Waals surface area contributed by atoms with Crippen LogP contribution in [0.4, 0.5) is 10.5 Å². The van der Waals surface area contributed by atoms with Gasteiger partial charge in [-0.3, -0.25) is 4.79 Å². The second-order valence-electron chi connectivity index (χ2n) is 8.74. The summed E-state index contributed by atoms with van der Waals surface area (Å²) >= 11 is 0. The molecule has 2 amide bonds. The number of amides is 2. The molecule has 0 unspecified atom stereocenters. The molecule has 34 heavy (non-hydrogen) atoms. The van der Waals surface area contributed by atoms with Gasteiger partial charge in [-0.2, -0.15) is 9.78 Å². The fourth-order valence-corrected chi connectivity index (χ4v) is 3.88. The number of hydrogen-bond donors (Lipinski definition) is 3. The first-order valence-electron chi connectivity index (χ1n) is 11.6. The molecular formula is C26H30N4O4. The predicted octanol–water partition coefficient (Wildman–Crippen LogP) is 5.14. The van der Waals surface area contributed by atoms with Gasteiger partial charge in [0.2, 0.25) is 0 Å². The molecule has 0 saturated heterocycles. The average molecular weight is 463 g/mol. The fraction of sp³-hybridized carbons (Fsp3) is 0.346. The van der Waals surface area contributed by atoms with E-state index in [4.69, 9.17) is 4.74 Å². The van der Waals surface area contributed by atoms with Gasteiger partial charge in [0.1, 0.15) is 11.5 Å². The second kappa shape index (κ2) is 9.99. The molecule has 0 radical (unpaired) electrons. The molecule has 1 saturated carbocycles. The van der Waals surface area contributed by atoms with Gasteiger partial charge in [-0.05, 0) is 82.1 Å². The number of nitrogens with zero attached hydrogens (tertiary/aromatic N) is 2. The van der Waals surface area contributed by atoms with E-state index < -0.39 is 0 Å². The number of hydrogen-bond acceptors (Lipinski definition) is 5. The standard InChI is InChI=1S/C26H30N4O4/c1-4-34-20-11-8-18(9-12-20)25(32)28-19-10-13-24(31)21(14-19)22-15-23(17-6-5-7-17)30(29-22)26(33)27-16(2)3/h8-17,31H,4-7H2,1-3H3,(H,27,33)(H,28,32). The van der Waals surface area contributed by atoms with Crippen molar-refractivity contribution in [3.05, 3.63) is 59.8 Å². The fourth-order valence-electron chi connectivity index (χ4n) is 3.88. The molecule has 0 spiro atoms. The Morgan fingerprint density at radius 2 is 1.88 bits per heavy atom. The van der Waals surface area contributed by atoms with Crippen molar-refractivity contribution in [1.29, 1.82) is 0 Å². The van der Waals surface area contributed by atoms with Crippen molar-refractivity contribution in [1.82, 2.24) is 15.1 Å². The summed E-state index contributed by atoms with van der Waals surface area (Å²) in [7, 11) is 0. The molecule has 4 rings (SSSR count). The van der Waals surface area contributed by atoms with Crippen molar-refractivity contribution in [2.75, 3.05) is 11.9 Å². The Morgan fingerprint density at radius 1 is 1.15 bits per heavy atom. The molecule has 1 fully saturated rings. The van der Waals surface area contributed by atoms with Crippen LogP contribution in [0.2, 0.25) is 0 Å². The highest BCUT2D eigenvalue weighted by Gasteiger charge is 2.28. The number of carbonyl (C=O) groups is 2. The zero-order valence-electron chi connectivity index (χ0n) is 19.7. The van der Waals surface area contributed by atoms with Crippen LogP contribution >= 0.6 is 0 Å². The molecule has 1 aliphatic rings. The smallest absolute Gasteiger partial charge is 0.342 e. The third-order valence-electron chi connectivity index (χ3n) is 5.82. The van der Waals surface area contributed by atoms with Crippen LogP contribution in [0.25, 0.3) is 11.3 Å². The van der Waals surface area contributed by atoms with Crippen LogP contribution in [0.3, 0.4) is 0 Å². The summed E-state index contributed by atoms with van der Waals surface area (Å²) in [5.74, 6) is 0.707. The number of ether oxygens (including phenoxy) is 1. The maximum absolute atomic E-state index is 12.7. The number of phenolic OH excluding ortho intramolecular Hbond substituents is 1. The number of anilines is 1. The lowest BCUT2D eigenvalue weighted by Gasteiger charge is -2.25. The van der Waals surface area contributed by atoms with Crippen LogP contribution in [-0.2, 0) is 0 Å². The largest absolute Gasteiger partial charge is 0.507 e. The summed E-state index contributed by atoms with van der Waals surface area (Å²) in [6.45, 7) is 6.25. The van der Waals surface area contributed by atoms with Gasteiger partial charge in [0.05, 0.1) is 18.0 Å². The summed E-state index contributed by atoms with van der Waals surface area (Å²) in [4.78, 5) is 25.5. The Morgan fingerprint density at radius 3 is 2.50 bits per heavy atom. The molecule has 3 aromatic rings. The first-order valence-corrected chi connectivity index (χ1v) is 11.6. The van der Waals surface area contributed by atoms with Crippen LogP contribution in [0.1, 0.15) is 62.0 Å². The summed E-state index contributed by atoms with van der Waals surface area (Å²) in [6, 6.07) is 13.2. The highest BCUT2D eigenvalue weighted by Crippen LogP contribution is 2.39. The minimum Gasteiger partial charge on any atom is -0.507 e. The Labute approximate surface area is 198 Å². The van der Waals surface area contributed by atoms with E-state index in [0.717, 1.165) is 25.0 Å². The highest BCUT2D eigenvalue weighted by atomic mass is 16.5. The molecule has 1 aliphatic carbocycles. The predicted molar refractivity (Wildman–Crippen MR) is 131 cm³/mol. The van der Waals surface area contributed by atoms with Crippen LogP contribution in [-0.4, -0.2) is 39.5 Å². The summed E-state index contributed by atoms with van der Waals surface area (Å²) in [5.41, 5.74) is 2.76. The van der Waals surface area contributed by atoms with Crippen molar-refractivity contribution in [2.45, 2.75) is 52.0 Å². The van der Waals surface area contributed by atoms with Crippen molar-refractivity contribution in [3.63, 3.8) is 0 Å². The first kappa shape index (κ1) is 23.4. The van der Waals surface area contributed by atoms with E-state index in [1.807, 2.05) is 26.8 Å². The van der Waals surface area contributed by atoms with Crippen LogP contribution in [0.5, 0.6) is 11.5 Å². The minimum absolute atomic E-state index is 0.0214. The van der Waals surface area contributed by atoms with Gasteiger partial charge in [-0.15, -0.1) is 0 Å². The van der Waals surface area contributed by atoms with Gasteiger partial charge in [0, 0.05) is 28.8 Å². The van der Waals surface area contributed by atoms with E-state index in [1.165, 1.54) is 10.7 Å². The quantitative estimate of drug-likeness (QED) is 0.422. The Kier molecular flexibility index (Phi) is 6.86. The first-order chi connectivity index (χ1) is 16.4. The topological polar surface area (TPSA) is 105 Å². The third kappa shape index (κ3) is 5.06. The highest BCUT2D eigenvalue weighted by molar-refractivity contribution is 6.04. The van der Waals surface area contributed by atoms with E-state index in [-0.39, 0.29) is 29.6 Å². The SMILES string of the molecule is CCOc1ccc(C(=O)Nc2ccc(O)c(-c3cc(C4CCC4)n(C(=O)NC(C)C)n3)c2)cc1. The van der Waals surface area contributed by atoms with E-state index in [1.54, 1.807) is 36.4 Å². The molecule has 8 nitrogen and oxygen atoms in total. The normalized spacial score (nSPS) is 13.4. The maximum atomic E-state index is 12.7. The number of phenols is 1. The van der Waals surface area contributed by atoms with Gasteiger partial charge < -0.3 is 20.5 Å².